The summed E-state index contributed by atoms with van der Waals surface area (Å²) >= 11 is 0. The molecule has 0 aromatic heterocycles. The van der Waals surface area contributed by atoms with Crippen molar-refractivity contribution in [2.24, 2.45) is 5.92 Å². The maximum Gasteiger partial charge on any atom is 0.253 e. The van der Waals surface area contributed by atoms with E-state index < -0.39 is 0 Å². The Morgan fingerprint density at radius 1 is 1.12 bits per heavy atom. The van der Waals surface area contributed by atoms with Crippen molar-refractivity contribution in [2.45, 2.75) is 19.8 Å². The minimum atomic E-state index is 0.0252. The van der Waals surface area contributed by atoms with Crippen LogP contribution in [-0.2, 0) is 0 Å². The van der Waals surface area contributed by atoms with Gasteiger partial charge in [-0.3, -0.25) is 4.79 Å². The monoisotopic (exact) mass is 218 g/mol. The van der Waals surface area contributed by atoms with Gasteiger partial charge in [0.15, 0.2) is 0 Å². The average molecular weight is 218 g/mol. The SMILES string of the molecule is CC1CCNC(=O)c2ccccc2NCC1. The molecule has 0 aliphatic carbocycles. The first-order valence-electron chi connectivity index (χ1n) is 5.88. The van der Waals surface area contributed by atoms with Crippen LogP contribution in [0.25, 0.3) is 0 Å². The Morgan fingerprint density at radius 2 is 1.81 bits per heavy atom. The highest BCUT2D eigenvalue weighted by Crippen LogP contribution is 2.17. The summed E-state index contributed by atoms with van der Waals surface area (Å²) in [5.74, 6) is 0.676. The van der Waals surface area contributed by atoms with Crippen LogP contribution < -0.4 is 10.6 Å². The van der Waals surface area contributed by atoms with Gasteiger partial charge in [-0.2, -0.15) is 0 Å². The summed E-state index contributed by atoms with van der Waals surface area (Å²) in [7, 11) is 0. The maximum atomic E-state index is 11.9. The summed E-state index contributed by atoms with van der Waals surface area (Å²) in [5, 5.41) is 6.29. The highest BCUT2D eigenvalue weighted by atomic mass is 16.1. The number of fused-ring (bicyclic) bond motifs is 1. The van der Waals surface area contributed by atoms with Gasteiger partial charge in [0.1, 0.15) is 0 Å². The third-order valence-corrected chi connectivity index (χ3v) is 3.05. The molecule has 1 unspecified atom stereocenters. The molecule has 1 atom stereocenters. The minimum Gasteiger partial charge on any atom is -0.384 e. The van der Waals surface area contributed by atoms with Gasteiger partial charge in [-0.25, -0.2) is 0 Å². The van der Waals surface area contributed by atoms with Crippen molar-refractivity contribution in [2.75, 3.05) is 18.4 Å². The summed E-state index contributed by atoms with van der Waals surface area (Å²) in [6.45, 7) is 3.93. The molecule has 1 heterocycles. The van der Waals surface area contributed by atoms with Gasteiger partial charge in [-0.15, -0.1) is 0 Å². The molecule has 2 rings (SSSR count). The van der Waals surface area contributed by atoms with E-state index in [4.69, 9.17) is 0 Å². The summed E-state index contributed by atoms with van der Waals surface area (Å²) in [6.07, 6.45) is 2.19. The number of para-hydroxylation sites is 1. The number of carbonyl (C=O) groups excluding carboxylic acids is 1. The Morgan fingerprint density at radius 3 is 2.62 bits per heavy atom. The van der Waals surface area contributed by atoms with Crippen LogP contribution in [0.15, 0.2) is 24.3 Å². The van der Waals surface area contributed by atoms with Crippen molar-refractivity contribution in [1.82, 2.24) is 5.32 Å². The normalized spacial score (nSPS) is 21.6. The molecule has 0 spiro atoms. The van der Waals surface area contributed by atoms with Gasteiger partial charge < -0.3 is 10.6 Å². The molecule has 1 aromatic carbocycles. The second-order valence-electron chi connectivity index (χ2n) is 4.41. The number of anilines is 1. The number of hydrogen-bond acceptors (Lipinski definition) is 2. The lowest BCUT2D eigenvalue weighted by Gasteiger charge is -2.18. The quantitative estimate of drug-likeness (QED) is 0.701. The molecule has 0 radical (unpaired) electrons. The van der Waals surface area contributed by atoms with Crippen LogP contribution in [0.4, 0.5) is 5.69 Å². The Kier molecular flexibility index (Phi) is 3.44. The highest BCUT2D eigenvalue weighted by Gasteiger charge is 2.12. The third kappa shape index (κ3) is 2.54. The van der Waals surface area contributed by atoms with Crippen molar-refractivity contribution in [3.63, 3.8) is 0 Å². The molecule has 3 heteroatoms. The van der Waals surface area contributed by atoms with Crippen molar-refractivity contribution < 1.29 is 4.79 Å². The van der Waals surface area contributed by atoms with Gasteiger partial charge >= 0.3 is 0 Å². The van der Waals surface area contributed by atoms with Crippen LogP contribution >= 0.6 is 0 Å². The fraction of sp³-hybridized carbons (Fsp3) is 0.462. The number of hydrogen-bond donors (Lipinski definition) is 2. The van der Waals surface area contributed by atoms with E-state index in [1.807, 2.05) is 24.3 Å². The van der Waals surface area contributed by atoms with E-state index in [9.17, 15) is 4.79 Å². The Hall–Kier alpha value is -1.51. The summed E-state index contributed by atoms with van der Waals surface area (Å²) in [4.78, 5) is 11.9. The topological polar surface area (TPSA) is 41.1 Å². The molecular formula is C13H18N2O. The molecule has 86 valence electrons. The molecule has 1 aromatic rings. The lowest BCUT2D eigenvalue weighted by atomic mass is 10.0. The molecule has 2 N–H and O–H groups in total. The van der Waals surface area contributed by atoms with Gasteiger partial charge in [-0.05, 0) is 30.9 Å². The third-order valence-electron chi connectivity index (χ3n) is 3.05. The maximum absolute atomic E-state index is 11.9. The van der Waals surface area contributed by atoms with Crippen LogP contribution in [0.2, 0.25) is 0 Å². The highest BCUT2D eigenvalue weighted by molar-refractivity contribution is 5.99. The van der Waals surface area contributed by atoms with Crippen molar-refractivity contribution in [3.8, 4) is 0 Å². The van der Waals surface area contributed by atoms with Crippen LogP contribution in [0, 0.1) is 5.92 Å². The van der Waals surface area contributed by atoms with Crippen LogP contribution in [-0.4, -0.2) is 19.0 Å². The lowest BCUT2D eigenvalue weighted by Crippen LogP contribution is -2.28. The van der Waals surface area contributed by atoms with Crippen LogP contribution in [0.3, 0.4) is 0 Å². The van der Waals surface area contributed by atoms with Gasteiger partial charge in [-0.1, -0.05) is 19.1 Å². The van der Waals surface area contributed by atoms with Crippen molar-refractivity contribution in [3.05, 3.63) is 29.8 Å². The first kappa shape index (κ1) is 11.0. The molecule has 3 nitrogen and oxygen atoms in total. The van der Waals surface area contributed by atoms with E-state index in [2.05, 4.69) is 17.6 Å². The molecular weight excluding hydrogens is 200 g/mol. The average Bonchev–Trinajstić information content (AvgIpc) is 2.29. The van der Waals surface area contributed by atoms with Crippen molar-refractivity contribution in [1.29, 1.82) is 0 Å². The minimum absolute atomic E-state index is 0.0252. The number of carbonyl (C=O) groups is 1. The van der Waals surface area contributed by atoms with Crippen LogP contribution in [0.1, 0.15) is 30.1 Å². The zero-order valence-corrected chi connectivity index (χ0v) is 9.62. The number of nitrogens with one attached hydrogen (secondary N) is 2. The summed E-state index contributed by atoms with van der Waals surface area (Å²) in [6, 6.07) is 7.67. The smallest absolute Gasteiger partial charge is 0.253 e. The Labute approximate surface area is 96.2 Å². The largest absolute Gasteiger partial charge is 0.384 e. The zero-order valence-electron chi connectivity index (χ0n) is 9.62. The summed E-state index contributed by atoms with van der Waals surface area (Å²) in [5.41, 5.74) is 1.69. The van der Waals surface area contributed by atoms with E-state index in [-0.39, 0.29) is 5.91 Å². The molecule has 1 aliphatic heterocycles. The lowest BCUT2D eigenvalue weighted by molar-refractivity contribution is 0.0952. The molecule has 0 saturated carbocycles. The van der Waals surface area contributed by atoms with Crippen LogP contribution in [0.5, 0.6) is 0 Å². The molecule has 1 aliphatic rings. The number of benzene rings is 1. The van der Waals surface area contributed by atoms with Gasteiger partial charge in [0, 0.05) is 18.8 Å². The molecule has 0 bridgehead atoms. The Bertz CT molecular complexity index is 376. The standard InChI is InChI=1S/C13H18N2O/c1-10-6-8-14-12-5-3-2-4-11(12)13(16)15-9-7-10/h2-5,10,14H,6-9H2,1H3,(H,15,16). The number of amides is 1. The van der Waals surface area contributed by atoms with Gasteiger partial charge in [0.25, 0.3) is 5.91 Å². The first-order valence-corrected chi connectivity index (χ1v) is 5.88. The second-order valence-corrected chi connectivity index (χ2v) is 4.41. The van der Waals surface area contributed by atoms with E-state index >= 15 is 0 Å². The van der Waals surface area contributed by atoms with Gasteiger partial charge in [0.05, 0.1) is 5.56 Å². The number of rotatable bonds is 0. The molecule has 0 fully saturated rings. The van der Waals surface area contributed by atoms with Gasteiger partial charge in [0.2, 0.25) is 0 Å². The fourth-order valence-corrected chi connectivity index (χ4v) is 1.96. The molecule has 0 saturated heterocycles. The summed E-state index contributed by atoms with van der Waals surface area (Å²) < 4.78 is 0. The first-order chi connectivity index (χ1) is 7.77. The molecule has 1 amide bonds. The second kappa shape index (κ2) is 5.01. The Balaban J connectivity index is 2.21. The zero-order chi connectivity index (χ0) is 11.4. The van der Waals surface area contributed by atoms with E-state index in [1.54, 1.807) is 0 Å². The van der Waals surface area contributed by atoms with E-state index in [1.165, 1.54) is 0 Å². The predicted molar refractivity (Wildman–Crippen MR) is 65.7 cm³/mol. The van der Waals surface area contributed by atoms with Crippen molar-refractivity contribution >= 4 is 11.6 Å². The molecule has 16 heavy (non-hydrogen) atoms. The predicted octanol–water partition coefficient (Wildman–Crippen LogP) is 2.26. The van der Waals surface area contributed by atoms with E-state index in [0.717, 1.165) is 37.2 Å². The van der Waals surface area contributed by atoms with E-state index in [0.29, 0.717) is 5.92 Å². The fourth-order valence-electron chi connectivity index (χ4n) is 1.96.